The minimum atomic E-state index is 0.117. The number of nitrogens with one attached hydrogen (secondary N) is 1. The van der Waals surface area contributed by atoms with E-state index in [1.165, 1.54) is 30.5 Å². The average molecular weight is 361 g/mol. The number of aryl methyl sites for hydroxylation is 1. The summed E-state index contributed by atoms with van der Waals surface area (Å²) in [6.07, 6.45) is 2.51. The Morgan fingerprint density at radius 1 is 1.27 bits per heavy atom. The highest BCUT2D eigenvalue weighted by Crippen LogP contribution is 2.24. The molecule has 146 valence electrons. The van der Waals surface area contributed by atoms with Crippen molar-refractivity contribution in [3.8, 4) is 0 Å². The summed E-state index contributed by atoms with van der Waals surface area (Å²) in [6.45, 7) is 13.5. The van der Waals surface area contributed by atoms with Gasteiger partial charge in [-0.2, -0.15) is 0 Å². The van der Waals surface area contributed by atoms with Gasteiger partial charge in [0.2, 0.25) is 0 Å². The lowest BCUT2D eigenvalue weighted by molar-refractivity contribution is -0.00830. The number of ether oxygens (including phenoxy) is 1. The molecule has 0 bridgehead atoms. The van der Waals surface area contributed by atoms with E-state index >= 15 is 0 Å². The van der Waals surface area contributed by atoms with E-state index in [-0.39, 0.29) is 6.10 Å². The maximum absolute atomic E-state index is 6.03. The van der Waals surface area contributed by atoms with Gasteiger partial charge in [0, 0.05) is 20.1 Å². The van der Waals surface area contributed by atoms with Gasteiger partial charge in [-0.3, -0.25) is 4.99 Å². The maximum Gasteiger partial charge on any atom is 0.193 e. The number of guanidine groups is 1. The zero-order valence-corrected chi connectivity index (χ0v) is 17.0. The lowest BCUT2D eigenvalue weighted by Gasteiger charge is -2.35. The molecule has 1 heterocycles. The number of morpholine rings is 1. The largest absolute Gasteiger partial charge is 0.370 e. The van der Waals surface area contributed by atoms with Crippen LogP contribution in [-0.4, -0.2) is 68.7 Å². The smallest absolute Gasteiger partial charge is 0.193 e. The fourth-order valence-corrected chi connectivity index (χ4v) is 3.51. The topological polar surface area (TPSA) is 40.1 Å². The van der Waals surface area contributed by atoms with Crippen molar-refractivity contribution in [2.75, 3.05) is 52.9 Å². The molecule has 1 N–H and O–H groups in total. The van der Waals surface area contributed by atoms with Crippen molar-refractivity contribution in [3.05, 3.63) is 35.4 Å². The third kappa shape index (κ3) is 5.99. The SMILES string of the molecule is CCN(CC)CCCCNC(=NC)N1CCOC(c2ccccc2C)C1. The van der Waals surface area contributed by atoms with Gasteiger partial charge in [-0.1, -0.05) is 38.1 Å². The summed E-state index contributed by atoms with van der Waals surface area (Å²) in [6, 6.07) is 8.50. The van der Waals surface area contributed by atoms with Gasteiger partial charge in [0.15, 0.2) is 5.96 Å². The van der Waals surface area contributed by atoms with Crippen molar-refractivity contribution in [1.29, 1.82) is 0 Å². The predicted octanol–water partition coefficient (Wildman–Crippen LogP) is 3.07. The van der Waals surface area contributed by atoms with E-state index in [2.05, 4.69) is 65.1 Å². The quantitative estimate of drug-likeness (QED) is 0.439. The van der Waals surface area contributed by atoms with Crippen LogP contribution in [0.4, 0.5) is 0 Å². The molecule has 1 aliphatic heterocycles. The van der Waals surface area contributed by atoms with Gasteiger partial charge in [-0.15, -0.1) is 0 Å². The highest BCUT2D eigenvalue weighted by Gasteiger charge is 2.24. The average Bonchev–Trinajstić information content (AvgIpc) is 2.68. The maximum atomic E-state index is 6.03. The predicted molar refractivity (Wildman–Crippen MR) is 110 cm³/mol. The molecule has 0 radical (unpaired) electrons. The second-order valence-corrected chi connectivity index (χ2v) is 6.87. The molecule has 1 unspecified atom stereocenters. The number of hydrogen-bond acceptors (Lipinski definition) is 3. The molecule has 1 atom stereocenters. The molecule has 1 aromatic rings. The van der Waals surface area contributed by atoms with Crippen LogP contribution < -0.4 is 5.32 Å². The Balaban J connectivity index is 1.81. The van der Waals surface area contributed by atoms with E-state index in [1.807, 2.05) is 7.05 Å². The van der Waals surface area contributed by atoms with Gasteiger partial charge in [0.05, 0.1) is 13.2 Å². The Morgan fingerprint density at radius 3 is 2.73 bits per heavy atom. The molecule has 5 nitrogen and oxygen atoms in total. The molecule has 1 saturated heterocycles. The molecular formula is C21H36N4O. The van der Waals surface area contributed by atoms with Gasteiger partial charge >= 0.3 is 0 Å². The molecule has 5 heteroatoms. The van der Waals surface area contributed by atoms with Crippen LogP contribution in [0.2, 0.25) is 0 Å². The van der Waals surface area contributed by atoms with Crippen molar-refractivity contribution in [3.63, 3.8) is 0 Å². The first kappa shape index (κ1) is 20.7. The molecule has 0 aliphatic carbocycles. The summed E-state index contributed by atoms with van der Waals surface area (Å²) < 4.78 is 6.03. The second kappa shape index (κ2) is 11.2. The van der Waals surface area contributed by atoms with Gasteiger partial charge in [-0.05, 0) is 50.5 Å². The van der Waals surface area contributed by atoms with Crippen LogP contribution in [0.1, 0.15) is 43.9 Å². The molecule has 1 aromatic carbocycles. The zero-order chi connectivity index (χ0) is 18.8. The van der Waals surface area contributed by atoms with Crippen molar-refractivity contribution in [2.24, 2.45) is 4.99 Å². The third-order valence-corrected chi connectivity index (χ3v) is 5.19. The van der Waals surface area contributed by atoms with Crippen LogP contribution in [0.15, 0.2) is 29.3 Å². The van der Waals surface area contributed by atoms with Crippen molar-refractivity contribution in [2.45, 2.75) is 39.7 Å². The van der Waals surface area contributed by atoms with E-state index in [9.17, 15) is 0 Å². The molecule has 0 spiro atoms. The van der Waals surface area contributed by atoms with Crippen molar-refractivity contribution in [1.82, 2.24) is 15.1 Å². The Morgan fingerprint density at radius 2 is 2.04 bits per heavy atom. The van der Waals surface area contributed by atoms with Crippen molar-refractivity contribution >= 4 is 5.96 Å². The summed E-state index contributed by atoms with van der Waals surface area (Å²) in [7, 11) is 1.87. The zero-order valence-electron chi connectivity index (χ0n) is 17.0. The summed E-state index contributed by atoms with van der Waals surface area (Å²) in [5, 5.41) is 3.54. The summed E-state index contributed by atoms with van der Waals surface area (Å²) >= 11 is 0. The highest BCUT2D eigenvalue weighted by molar-refractivity contribution is 5.80. The Hall–Kier alpha value is -1.59. The van der Waals surface area contributed by atoms with E-state index in [4.69, 9.17) is 4.74 Å². The number of rotatable bonds is 8. The molecule has 0 amide bonds. The van der Waals surface area contributed by atoms with Crippen LogP contribution in [0.3, 0.4) is 0 Å². The standard InChI is InChI=1S/C21H36N4O/c1-5-24(6-2)14-10-9-13-23-21(22-4)25-15-16-26-20(17-25)19-12-8-7-11-18(19)3/h7-8,11-12,20H,5-6,9-10,13-17H2,1-4H3,(H,22,23). The van der Waals surface area contributed by atoms with Crippen molar-refractivity contribution < 1.29 is 4.74 Å². The molecule has 1 aliphatic rings. The van der Waals surface area contributed by atoms with Gasteiger partial charge < -0.3 is 19.9 Å². The fourth-order valence-electron chi connectivity index (χ4n) is 3.51. The van der Waals surface area contributed by atoms with Crippen LogP contribution in [0.5, 0.6) is 0 Å². The van der Waals surface area contributed by atoms with Crippen LogP contribution in [0.25, 0.3) is 0 Å². The number of benzene rings is 1. The minimum Gasteiger partial charge on any atom is -0.370 e. The Bertz CT molecular complexity index is 557. The Kier molecular flexibility index (Phi) is 8.92. The summed E-state index contributed by atoms with van der Waals surface area (Å²) in [4.78, 5) is 9.29. The van der Waals surface area contributed by atoms with E-state index in [0.29, 0.717) is 0 Å². The summed E-state index contributed by atoms with van der Waals surface area (Å²) in [5.41, 5.74) is 2.57. The number of aliphatic imine (C=N–C) groups is 1. The van der Waals surface area contributed by atoms with E-state index in [1.54, 1.807) is 0 Å². The number of hydrogen-bond donors (Lipinski definition) is 1. The molecule has 26 heavy (non-hydrogen) atoms. The molecule has 2 rings (SSSR count). The van der Waals surface area contributed by atoms with Crippen LogP contribution in [-0.2, 0) is 4.74 Å². The first-order valence-electron chi connectivity index (χ1n) is 10.0. The van der Waals surface area contributed by atoms with E-state index in [0.717, 1.165) is 45.3 Å². The first-order valence-corrected chi connectivity index (χ1v) is 10.0. The normalized spacial score (nSPS) is 18.4. The molecule has 1 fully saturated rings. The molecular weight excluding hydrogens is 324 g/mol. The lowest BCUT2D eigenvalue weighted by atomic mass is 10.0. The monoisotopic (exact) mass is 360 g/mol. The minimum absolute atomic E-state index is 0.117. The number of unbranched alkanes of at least 4 members (excludes halogenated alkanes) is 1. The lowest BCUT2D eigenvalue weighted by Crippen LogP contribution is -2.48. The third-order valence-electron chi connectivity index (χ3n) is 5.19. The van der Waals surface area contributed by atoms with Crippen LogP contribution >= 0.6 is 0 Å². The molecule has 0 saturated carbocycles. The van der Waals surface area contributed by atoms with E-state index < -0.39 is 0 Å². The first-order chi connectivity index (χ1) is 12.7. The molecule has 0 aromatic heterocycles. The second-order valence-electron chi connectivity index (χ2n) is 6.87. The van der Waals surface area contributed by atoms with Crippen LogP contribution in [0, 0.1) is 6.92 Å². The number of nitrogens with zero attached hydrogens (tertiary/aromatic N) is 3. The van der Waals surface area contributed by atoms with Gasteiger partial charge in [-0.25, -0.2) is 0 Å². The van der Waals surface area contributed by atoms with Gasteiger partial charge in [0.1, 0.15) is 6.10 Å². The fraction of sp³-hybridized carbons (Fsp3) is 0.667. The van der Waals surface area contributed by atoms with Gasteiger partial charge in [0.25, 0.3) is 0 Å². The summed E-state index contributed by atoms with van der Waals surface area (Å²) in [5.74, 6) is 0.995. The highest BCUT2D eigenvalue weighted by atomic mass is 16.5. The Labute approximate surface area is 159 Å².